The van der Waals surface area contributed by atoms with Crippen molar-refractivity contribution in [3.8, 4) is 22.5 Å². The van der Waals surface area contributed by atoms with E-state index in [1.807, 2.05) is 22.7 Å². The number of benzene rings is 1. The number of hydrogen-bond acceptors (Lipinski definition) is 6. The zero-order valence-electron chi connectivity index (χ0n) is 16.0. The van der Waals surface area contributed by atoms with Crippen molar-refractivity contribution in [1.29, 1.82) is 0 Å². The number of fused-ring (bicyclic) bond motifs is 1. The highest BCUT2D eigenvalue weighted by molar-refractivity contribution is 5.81. The Morgan fingerprint density at radius 2 is 1.90 bits per heavy atom. The van der Waals surface area contributed by atoms with Gasteiger partial charge in [0.15, 0.2) is 5.65 Å². The molecule has 5 rings (SSSR count). The summed E-state index contributed by atoms with van der Waals surface area (Å²) >= 11 is 0. The molecule has 1 aliphatic rings. The Hall–Kier alpha value is -3.39. The minimum Gasteiger partial charge on any atom is -0.352 e. The normalized spacial score (nSPS) is 17.0. The first-order valence-corrected chi connectivity index (χ1v) is 9.60. The fraction of sp³-hybridized carbons (Fsp3) is 0.238. The summed E-state index contributed by atoms with van der Waals surface area (Å²) in [6.45, 7) is 4.88. The Balaban J connectivity index is 1.69. The molecular formula is C21H20FN7. The van der Waals surface area contributed by atoms with E-state index in [1.54, 1.807) is 24.5 Å². The molecule has 1 atom stereocenters. The zero-order valence-corrected chi connectivity index (χ0v) is 16.0. The highest BCUT2D eigenvalue weighted by Gasteiger charge is 2.21. The molecule has 0 radical (unpaired) electrons. The van der Waals surface area contributed by atoms with E-state index in [9.17, 15) is 4.39 Å². The summed E-state index contributed by atoms with van der Waals surface area (Å²) in [4.78, 5) is 7.06. The molecule has 0 spiro atoms. The molecule has 29 heavy (non-hydrogen) atoms. The van der Waals surface area contributed by atoms with E-state index in [-0.39, 0.29) is 5.82 Å². The van der Waals surface area contributed by atoms with Gasteiger partial charge in [-0.2, -0.15) is 10.2 Å². The summed E-state index contributed by atoms with van der Waals surface area (Å²) in [6, 6.07) is 12.6. The van der Waals surface area contributed by atoms with Gasteiger partial charge in [0.05, 0.1) is 18.1 Å². The molecule has 0 bridgehead atoms. The molecule has 0 aliphatic carbocycles. The third-order valence-electron chi connectivity index (χ3n) is 5.13. The van der Waals surface area contributed by atoms with Crippen LogP contribution in [0.5, 0.6) is 0 Å². The van der Waals surface area contributed by atoms with Crippen molar-refractivity contribution in [1.82, 2.24) is 30.1 Å². The van der Waals surface area contributed by atoms with Crippen LogP contribution in [-0.4, -0.2) is 50.5 Å². The lowest BCUT2D eigenvalue weighted by molar-refractivity contribution is 0.481. The van der Waals surface area contributed by atoms with Crippen molar-refractivity contribution in [2.75, 3.05) is 24.5 Å². The van der Waals surface area contributed by atoms with Gasteiger partial charge in [-0.1, -0.05) is 0 Å². The average molecular weight is 389 g/mol. The second-order valence-corrected chi connectivity index (χ2v) is 7.21. The lowest BCUT2D eigenvalue weighted by Crippen LogP contribution is -2.49. The lowest BCUT2D eigenvalue weighted by atomic mass is 10.1. The van der Waals surface area contributed by atoms with E-state index in [1.165, 1.54) is 12.1 Å². The van der Waals surface area contributed by atoms with Gasteiger partial charge in [0.25, 0.3) is 0 Å². The zero-order chi connectivity index (χ0) is 19.8. The van der Waals surface area contributed by atoms with E-state index in [0.717, 1.165) is 53.6 Å². The molecule has 146 valence electrons. The van der Waals surface area contributed by atoms with Crippen LogP contribution in [0.1, 0.15) is 6.92 Å². The minimum atomic E-state index is -0.280. The molecule has 4 aromatic rings. The van der Waals surface area contributed by atoms with Crippen LogP contribution in [0, 0.1) is 5.82 Å². The highest BCUT2D eigenvalue weighted by atomic mass is 19.1. The Kier molecular flexibility index (Phi) is 4.40. The fourth-order valence-corrected chi connectivity index (χ4v) is 3.73. The number of nitrogens with zero attached hydrogens (tertiary/aromatic N) is 6. The predicted molar refractivity (Wildman–Crippen MR) is 109 cm³/mol. The predicted octanol–water partition coefficient (Wildman–Crippen LogP) is 2.79. The van der Waals surface area contributed by atoms with Crippen molar-refractivity contribution in [2.24, 2.45) is 0 Å². The second kappa shape index (κ2) is 7.21. The number of imidazole rings is 1. The van der Waals surface area contributed by atoms with E-state index in [0.29, 0.717) is 6.04 Å². The molecule has 7 nitrogen and oxygen atoms in total. The molecular weight excluding hydrogens is 369 g/mol. The van der Waals surface area contributed by atoms with E-state index >= 15 is 0 Å². The maximum Gasteiger partial charge on any atom is 0.155 e. The van der Waals surface area contributed by atoms with Gasteiger partial charge in [-0.15, -0.1) is 5.10 Å². The maximum absolute atomic E-state index is 13.5. The van der Waals surface area contributed by atoms with Crippen LogP contribution in [-0.2, 0) is 0 Å². The maximum atomic E-state index is 13.5. The quantitative estimate of drug-likeness (QED) is 0.581. The number of rotatable bonds is 3. The number of piperazine rings is 1. The monoisotopic (exact) mass is 389 g/mol. The van der Waals surface area contributed by atoms with Crippen molar-refractivity contribution in [3.05, 3.63) is 60.7 Å². The Morgan fingerprint density at radius 1 is 1.03 bits per heavy atom. The van der Waals surface area contributed by atoms with Crippen LogP contribution in [0.4, 0.5) is 10.2 Å². The van der Waals surface area contributed by atoms with Gasteiger partial charge in [0.1, 0.15) is 17.3 Å². The van der Waals surface area contributed by atoms with Crippen molar-refractivity contribution in [2.45, 2.75) is 13.0 Å². The third-order valence-corrected chi connectivity index (χ3v) is 5.13. The van der Waals surface area contributed by atoms with E-state index in [2.05, 4.69) is 27.3 Å². The lowest BCUT2D eigenvalue weighted by Gasteiger charge is -2.32. The molecule has 0 unspecified atom stereocenters. The topological polar surface area (TPSA) is 71.2 Å². The van der Waals surface area contributed by atoms with Gasteiger partial charge in [-0.05, 0) is 49.4 Å². The Morgan fingerprint density at radius 3 is 2.66 bits per heavy atom. The molecule has 8 heteroatoms. The summed E-state index contributed by atoms with van der Waals surface area (Å²) in [7, 11) is 0. The van der Waals surface area contributed by atoms with Gasteiger partial charge in [-0.25, -0.2) is 13.9 Å². The van der Waals surface area contributed by atoms with Crippen LogP contribution in [0.15, 0.2) is 54.9 Å². The first kappa shape index (κ1) is 17.7. The van der Waals surface area contributed by atoms with Gasteiger partial charge >= 0.3 is 0 Å². The SMILES string of the molecule is C[C@@H]1CN(c2ccc3nc(-c4ccc(F)cc4)c(-c4ccnnc4)n3n2)CCN1. The fourth-order valence-electron chi connectivity index (χ4n) is 3.73. The number of anilines is 1. The molecule has 1 fully saturated rings. The van der Waals surface area contributed by atoms with Gasteiger partial charge in [-0.3, -0.25) is 0 Å². The summed E-state index contributed by atoms with van der Waals surface area (Å²) in [5, 5.41) is 16.3. The van der Waals surface area contributed by atoms with Crippen LogP contribution in [0.2, 0.25) is 0 Å². The molecule has 3 aromatic heterocycles. The van der Waals surface area contributed by atoms with Crippen LogP contribution in [0.25, 0.3) is 28.2 Å². The molecule has 1 aromatic carbocycles. The average Bonchev–Trinajstić information content (AvgIpc) is 3.13. The van der Waals surface area contributed by atoms with Crippen molar-refractivity contribution in [3.63, 3.8) is 0 Å². The smallest absolute Gasteiger partial charge is 0.155 e. The Bertz CT molecular complexity index is 1140. The Labute approximate surface area is 167 Å². The minimum absolute atomic E-state index is 0.280. The van der Waals surface area contributed by atoms with E-state index < -0.39 is 0 Å². The molecule has 1 aliphatic heterocycles. The number of halogens is 1. The van der Waals surface area contributed by atoms with Crippen molar-refractivity contribution < 1.29 is 4.39 Å². The molecule has 0 amide bonds. The first-order chi connectivity index (χ1) is 14.2. The standard InChI is InChI=1S/C21H20FN7/c1-14-13-28(11-10-23-14)19-7-6-18-26-20(15-2-4-17(22)5-3-15)21(29(18)27-19)16-8-9-24-25-12-16/h2-9,12,14,23H,10-11,13H2,1H3/t14-/m1/s1. The summed E-state index contributed by atoms with van der Waals surface area (Å²) in [5.74, 6) is 0.620. The van der Waals surface area contributed by atoms with Gasteiger partial charge < -0.3 is 10.2 Å². The third kappa shape index (κ3) is 3.31. The van der Waals surface area contributed by atoms with Crippen LogP contribution < -0.4 is 10.2 Å². The molecule has 4 heterocycles. The summed E-state index contributed by atoms with van der Waals surface area (Å²) < 4.78 is 15.3. The number of nitrogens with one attached hydrogen (secondary N) is 1. The highest BCUT2D eigenvalue weighted by Crippen LogP contribution is 2.32. The summed E-state index contributed by atoms with van der Waals surface area (Å²) in [5.41, 5.74) is 3.94. The molecule has 1 saturated heterocycles. The van der Waals surface area contributed by atoms with Crippen LogP contribution in [0.3, 0.4) is 0 Å². The van der Waals surface area contributed by atoms with Crippen LogP contribution >= 0.6 is 0 Å². The summed E-state index contributed by atoms with van der Waals surface area (Å²) in [6.07, 6.45) is 3.34. The second-order valence-electron chi connectivity index (χ2n) is 7.21. The largest absolute Gasteiger partial charge is 0.352 e. The van der Waals surface area contributed by atoms with Gasteiger partial charge in [0, 0.05) is 36.8 Å². The first-order valence-electron chi connectivity index (χ1n) is 9.60. The number of hydrogen-bond donors (Lipinski definition) is 1. The molecule has 1 N–H and O–H groups in total. The molecule has 0 saturated carbocycles. The van der Waals surface area contributed by atoms with E-state index in [4.69, 9.17) is 10.1 Å². The van der Waals surface area contributed by atoms with Gasteiger partial charge in [0.2, 0.25) is 0 Å². The number of aromatic nitrogens is 5. The van der Waals surface area contributed by atoms with Crippen molar-refractivity contribution >= 4 is 11.5 Å².